The molecular weight excluding hydrogens is 132 g/mol. The molecule has 0 saturated carbocycles. The van der Waals surface area contributed by atoms with E-state index in [1.54, 1.807) is 0 Å². The first-order valence-electron chi connectivity index (χ1n) is 2.75. The highest BCUT2D eigenvalue weighted by Crippen LogP contribution is 1.86. The van der Waals surface area contributed by atoms with Crippen LogP contribution in [-0.2, 0) is 9.53 Å². The van der Waals surface area contributed by atoms with Gasteiger partial charge in [-0.3, -0.25) is 0 Å². The number of hydrogen-bond donors (Lipinski definition) is 0. The van der Waals surface area contributed by atoms with Gasteiger partial charge in [0.1, 0.15) is 0 Å². The molecule has 0 aliphatic rings. The van der Waals surface area contributed by atoms with Crippen molar-refractivity contribution in [2.75, 3.05) is 6.61 Å². The lowest BCUT2D eigenvalue weighted by molar-refractivity contribution is -0.137. The summed E-state index contributed by atoms with van der Waals surface area (Å²) in [6.45, 7) is 3.72. The van der Waals surface area contributed by atoms with Gasteiger partial charge in [0.2, 0.25) is 0 Å². The minimum absolute atomic E-state index is 0.352. The molecule has 0 bridgehead atoms. The predicted molar refractivity (Wildman–Crippen MR) is 36.3 cm³/mol. The first-order chi connectivity index (χ1) is 4.31. The van der Waals surface area contributed by atoms with Crippen molar-refractivity contribution in [3.63, 3.8) is 0 Å². The molecule has 0 amide bonds. The Labute approximate surface area is 58.3 Å². The SMILES string of the molecule is C=CC(=O)OCCC[Si]. The van der Waals surface area contributed by atoms with Gasteiger partial charge in [-0.05, 0) is 6.42 Å². The van der Waals surface area contributed by atoms with Crippen LogP contribution in [0.3, 0.4) is 0 Å². The molecule has 3 heteroatoms. The van der Waals surface area contributed by atoms with E-state index >= 15 is 0 Å². The van der Waals surface area contributed by atoms with Gasteiger partial charge in [0.05, 0.1) is 6.61 Å². The summed E-state index contributed by atoms with van der Waals surface area (Å²) < 4.78 is 4.64. The van der Waals surface area contributed by atoms with Gasteiger partial charge in [0.25, 0.3) is 0 Å². The monoisotopic (exact) mass is 141 g/mol. The topological polar surface area (TPSA) is 26.3 Å². The Morgan fingerprint density at radius 3 is 2.89 bits per heavy atom. The Bertz CT molecular complexity index is 101. The Morgan fingerprint density at radius 2 is 2.44 bits per heavy atom. The minimum atomic E-state index is -0.352. The summed E-state index contributed by atoms with van der Waals surface area (Å²) in [5, 5.41) is 0. The van der Waals surface area contributed by atoms with Crippen molar-refractivity contribution in [3.05, 3.63) is 12.7 Å². The molecule has 49 valence electrons. The predicted octanol–water partition coefficient (Wildman–Crippen LogP) is 0.692. The molecule has 0 saturated heterocycles. The van der Waals surface area contributed by atoms with Crippen LogP contribution in [0.2, 0.25) is 6.04 Å². The van der Waals surface area contributed by atoms with E-state index in [0.717, 1.165) is 18.5 Å². The van der Waals surface area contributed by atoms with Crippen LogP contribution in [0.15, 0.2) is 12.7 Å². The molecule has 0 aromatic carbocycles. The normalized spacial score (nSPS) is 8.56. The van der Waals surface area contributed by atoms with Gasteiger partial charge in [-0.1, -0.05) is 12.6 Å². The zero-order valence-corrected chi connectivity index (χ0v) is 6.22. The maximum absolute atomic E-state index is 10.3. The van der Waals surface area contributed by atoms with Gasteiger partial charge < -0.3 is 4.74 Å². The Balaban J connectivity index is 3.07. The highest BCUT2D eigenvalue weighted by atomic mass is 28.1. The largest absolute Gasteiger partial charge is 0.463 e. The van der Waals surface area contributed by atoms with Crippen molar-refractivity contribution >= 4 is 16.2 Å². The minimum Gasteiger partial charge on any atom is -0.463 e. The van der Waals surface area contributed by atoms with E-state index in [0.29, 0.717) is 6.61 Å². The number of rotatable bonds is 4. The molecule has 0 N–H and O–H groups in total. The zero-order valence-electron chi connectivity index (χ0n) is 5.22. The number of carbonyl (C=O) groups excluding carboxylic acids is 1. The molecule has 0 aliphatic carbocycles. The van der Waals surface area contributed by atoms with Crippen molar-refractivity contribution in [1.82, 2.24) is 0 Å². The maximum Gasteiger partial charge on any atom is 0.330 e. The molecule has 0 spiro atoms. The van der Waals surface area contributed by atoms with E-state index in [9.17, 15) is 4.79 Å². The van der Waals surface area contributed by atoms with Gasteiger partial charge in [-0.25, -0.2) is 4.79 Å². The van der Waals surface area contributed by atoms with E-state index in [4.69, 9.17) is 0 Å². The number of ether oxygens (including phenoxy) is 1. The molecule has 0 unspecified atom stereocenters. The lowest BCUT2D eigenvalue weighted by Gasteiger charge is -1.97. The molecule has 0 aliphatic heterocycles. The van der Waals surface area contributed by atoms with Crippen LogP contribution in [0, 0.1) is 0 Å². The molecule has 0 atom stereocenters. The molecule has 0 heterocycles. The van der Waals surface area contributed by atoms with Crippen LogP contribution < -0.4 is 0 Å². The number of carbonyl (C=O) groups is 1. The average Bonchev–Trinajstić information content (AvgIpc) is 1.89. The van der Waals surface area contributed by atoms with Crippen LogP contribution in [0.4, 0.5) is 0 Å². The van der Waals surface area contributed by atoms with Crippen molar-refractivity contribution in [2.24, 2.45) is 0 Å². The Morgan fingerprint density at radius 1 is 1.78 bits per heavy atom. The summed E-state index contributed by atoms with van der Waals surface area (Å²) in [6, 6.07) is 0.852. The molecular formula is C6H9O2Si. The quantitative estimate of drug-likeness (QED) is 0.249. The van der Waals surface area contributed by atoms with E-state index in [1.807, 2.05) is 0 Å². The van der Waals surface area contributed by atoms with Gasteiger partial charge in [0, 0.05) is 16.3 Å². The van der Waals surface area contributed by atoms with Crippen LogP contribution in [0.1, 0.15) is 6.42 Å². The van der Waals surface area contributed by atoms with Gasteiger partial charge >= 0.3 is 5.97 Å². The second-order valence-corrected chi connectivity index (χ2v) is 1.98. The van der Waals surface area contributed by atoms with Crippen LogP contribution in [-0.4, -0.2) is 22.8 Å². The molecule has 2 nitrogen and oxygen atoms in total. The standard InChI is InChI=1S/C6H9O2Si/c1-2-6(7)8-4-3-5-9/h2H,1,3-5H2. The third-order valence-electron chi connectivity index (χ3n) is 0.732. The second-order valence-electron chi connectivity index (χ2n) is 1.48. The lowest BCUT2D eigenvalue weighted by atomic mass is 10.5. The Hall–Kier alpha value is -0.573. The first kappa shape index (κ1) is 8.43. The fourth-order valence-electron chi connectivity index (χ4n) is 0.304. The highest BCUT2D eigenvalue weighted by Gasteiger charge is 1.91. The summed E-state index contributed by atoms with van der Waals surface area (Å²) in [5.41, 5.74) is 0. The first-order valence-corrected chi connectivity index (χ1v) is 3.45. The maximum atomic E-state index is 10.3. The third-order valence-corrected chi connectivity index (χ3v) is 1.09. The van der Waals surface area contributed by atoms with E-state index in [2.05, 4.69) is 21.6 Å². The summed E-state index contributed by atoms with van der Waals surface area (Å²) in [4.78, 5) is 10.3. The highest BCUT2D eigenvalue weighted by molar-refractivity contribution is 6.08. The van der Waals surface area contributed by atoms with Crippen molar-refractivity contribution in [1.29, 1.82) is 0 Å². The fraction of sp³-hybridized carbons (Fsp3) is 0.500. The molecule has 0 aromatic rings. The van der Waals surface area contributed by atoms with Crippen LogP contribution in [0.5, 0.6) is 0 Å². The van der Waals surface area contributed by atoms with Crippen molar-refractivity contribution in [3.8, 4) is 0 Å². The van der Waals surface area contributed by atoms with Gasteiger partial charge in [-0.2, -0.15) is 0 Å². The van der Waals surface area contributed by atoms with Crippen LogP contribution in [0.25, 0.3) is 0 Å². The second kappa shape index (κ2) is 5.56. The van der Waals surface area contributed by atoms with Gasteiger partial charge in [0.15, 0.2) is 0 Å². The lowest BCUT2D eigenvalue weighted by Crippen LogP contribution is -2.00. The van der Waals surface area contributed by atoms with E-state index in [-0.39, 0.29) is 5.97 Å². The number of hydrogen-bond acceptors (Lipinski definition) is 2. The van der Waals surface area contributed by atoms with Crippen molar-refractivity contribution < 1.29 is 9.53 Å². The summed E-state index contributed by atoms with van der Waals surface area (Å²) in [7, 11) is 3.25. The zero-order chi connectivity index (χ0) is 7.11. The molecule has 0 fully saturated rings. The smallest absolute Gasteiger partial charge is 0.330 e. The number of esters is 1. The summed E-state index contributed by atoms with van der Waals surface area (Å²) in [6.07, 6.45) is 2.00. The van der Waals surface area contributed by atoms with Gasteiger partial charge in [-0.15, -0.1) is 0 Å². The molecule has 0 aromatic heterocycles. The molecule has 3 radical (unpaired) electrons. The molecule has 0 rings (SSSR count). The average molecular weight is 141 g/mol. The summed E-state index contributed by atoms with van der Waals surface area (Å²) in [5.74, 6) is -0.352. The van der Waals surface area contributed by atoms with E-state index in [1.165, 1.54) is 0 Å². The third kappa shape index (κ3) is 5.30. The van der Waals surface area contributed by atoms with E-state index < -0.39 is 0 Å². The van der Waals surface area contributed by atoms with Crippen molar-refractivity contribution in [2.45, 2.75) is 12.5 Å². The fourth-order valence-corrected chi connectivity index (χ4v) is 0.448. The molecule has 9 heavy (non-hydrogen) atoms. The summed E-state index contributed by atoms with van der Waals surface area (Å²) >= 11 is 0. The Kier molecular flexibility index (Phi) is 5.21. The van der Waals surface area contributed by atoms with Crippen LogP contribution >= 0.6 is 0 Å².